The Hall–Kier alpha value is -0.990. The largest absolute Gasteiger partial charge is 0.269 e. The van der Waals surface area contributed by atoms with Gasteiger partial charge in [-0.3, -0.25) is 14.1 Å². The third-order valence-corrected chi connectivity index (χ3v) is 0. The minimum Gasteiger partial charge on any atom is -0.269 e. The summed E-state index contributed by atoms with van der Waals surface area (Å²) in [6, 6.07) is 0. The van der Waals surface area contributed by atoms with E-state index in [2.05, 4.69) is 19.7 Å². The second-order valence-corrected chi connectivity index (χ2v) is 1.22. The Morgan fingerprint density at radius 1 is 0.583 bits per heavy atom. The van der Waals surface area contributed by atoms with Gasteiger partial charge in [-0.15, -0.1) is 19.7 Å². The summed E-state index contributed by atoms with van der Waals surface area (Å²) >= 11 is 0. The molecule has 0 unspecified atom stereocenters. The first-order chi connectivity index (χ1) is 4.24. The van der Waals surface area contributed by atoms with Crippen molar-refractivity contribution in [3.63, 3.8) is 0 Å². The molecule has 0 radical (unpaired) electrons. The smallest absolute Gasteiger partial charge is 0.0473 e. The van der Waals surface area contributed by atoms with Gasteiger partial charge in [0, 0.05) is 0 Å². The third kappa shape index (κ3) is 590. The minimum absolute atomic E-state index is 0. The van der Waals surface area contributed by atoms with Crippen LogP contribution in [0.2, 0.25) is 0 Å². The Morgan fingerprint density at radius 3 is 0.583 bits per heavy atom. The predicted molar refractivity (Wildman–Crippen MR) is 55.1 cm³/mol. The number of rotatable bonds is 0. The molecule has 78 valence electrons. The van der Waals surface area contributed by atoms with E-state index < -0.39 is 0 Å². The molecule has 0 N–H and O–H groups in total. The molecule has 0 amide bonds. The summed E-state index contributed by atoms with van der Waals surface area (Å²) in [6.45, 7) is 15.8. The van der Waals surface area contributed by atoms with Crippen molar-refractivity contribution in [2.75, 3.05) is 0 Å². The number of halogens is 3. The lowest BCUT2D eigenvalue weighted by molar-refractivity contribution is 1.11. The molecule has 0 spiro atoms. The average molecular weight is 186 g/mol. The minimum atomic E-state index is 0. The molecule has 0 atom stereocenters. The monoisotopic (exact) mass is 186 g/mol. The molecule has 3 heteroatoms. The van der Waals surface area contributed by atoms with Crippen molar-refractivity contribution >= 4 is 0 Å². The molecule has 0 rings (SSSR count). The van der Waals surface area contributed by atoms with Gasteiger partial charge in [-0.1, -0.05) is 18.2 Å². The highest BCUT2D eigenvalue weighted by molar-refractivity contribution is 4.52. The van der Waals surface area contributed by atoms with Crippen molar-refractivity contribution in [1.82, 2.24) is 0 Å². The maximum atomic E-state index is 3.36. The Morgan fingerprint density at radius 2 is 0.583 bits per heavy atom. The van der Waals surface area contributed by atoms with Crippen LogP contribution in [0.25, 0.3) is 0 Å². The van der Waals surface area contributed by atoms with Gasteiger partial charge in [0.2, 0.25) is 0 Å². The summed E-state index contributed by atoms with van der Waals surface area (Å²) in [6.07, 6.45) is 5.25. The van der Waals surface area contributed by atoms with Crippen LogP contribution in [0, 0.1) is 0 Å². The van der Waals surface area contributed by atoms with Gasteiger partial charge in [0.15, 0.2) is 0 Å². The van der Waals surface area contributed by atoms with E-state index in [1.165, 1.54) is 0 Å². The molecule has 12 heavy (non-hydrogen) atoms. The van der Waals surface area contributed by atoms with Crippen molar-refractivity contribution in [3.05, 3.63) is 38.0 Å². The highest BCUT2D eigenvalue weighted by atomic mass is 19.0. The van der Waals surface area contributed by atoms with E-state index in [1.54, 1.807) is 18.2 Å². The van der Waals surface area contributed by atoms with E-state index in [1.807, 2.05) is 20.8 Å². The topological polar surface area (TPSA) is 0 Å². The predicted octanol–water partition coefficient (Wildman–Crippen LogP) is 4.03. The van der Waals surface area contributed by atoms with E-state index in [0.717, 1.165) is 0 Å². The maximum Gasteiger partial charge on any atom is -0.0473 e. The first-order valence-electron chi connectivity index (χ1n) is 2.96. The molecule has 0 aliphatic rings. The van der Waals surface area contributed by atoms with Gasteiger partial charge in [-0.05, 0) is 20.8 Å². The zero-order valence-electron chi connectivity index (χ0n) is 8.08. The molecule has 0 aliphatic heterocycles. The van der Waals surface area contributed by atoms with Crippen LogP contribution >= 0.6 is 0 Å². The lowest BCUT2D eigenvalue weighted by atomic mass is 10.8. The van der Waals surface area contributed by atoms with Crippen LogP contribution in [0.15, 0.2) is 38.0 Å². The van der Waals surface area contributed by atoms with Crippen LogP contribution in [0.5, 0.6) is 0 Å². The van der Waals surface area contributed by atoms with Gasteiger partial charge in [0.05, 0.1) is 0 Å². The highest BCUT2D eigenvalue weighted by Gasteiger charge is 1.15. The van der Waals surface area contributed by atoms with Crippen molar-refractivity contribution < 1.29 is 14.1 Å². The normalized spacial score (nSPS) is 3.25. The van der Waals surface area contributed by atoms with Crippen molar-refractivity contribution in [3.8, 4) is 0 Å². The summed E-state index contributed by atoms with van der Waals surface area (Å²) in [4.78, 5) is 0. The third-order valence-electron chi connectivity index (χ3n) is 0. The van der Waals surface area contributed by atoms with Gasteiger partial charge in [0.25, 0.3) is 0 Å². The number of hydrogen-bond acceptors (Lipinski definition) is 0. The Kier molecular flexibility index (Phi) is 737. The molecule has 0 saturated heterocycles. The molecular formula is C9H21F3. The molecule has 0 aromatic rings. The fourth-order valence-corrected chi connectivity index (χ4v) is 0. The SMILES string of the molecule is C=CC.C=CC.C=CC.F.F.F. The van der Waals surface area contributed by atoms with E-state index in [-0.39, 0.29) is 14.1 Å². The van der Waals surface area contributed by atoms with Crippen molar-refractivity contribution in [2.45, 2.75) is 20.8 Å². The number of allylic oxidation sites excluding steroid dienone is 3. The Bertz CT molecular complexity index is 46.5. The Balaban J connectivity index is -0.00000001000. The molecule has 0 nitrogen and oxygen atoms in total. The zero-order chi connectivity index (χ0) is 8.12. The lowest BCUT2D eigenvalue weighted by Crippen LogP contribution is -1.07. The first-order valence-corrected chi connectivity index (χ1v) is 2.96. The molecular weight excluding hydrogens is 165 g/mol. The van der Waals surface area contributed by atoms with E-state index in [0.29, 0.717) is 0 Å². The summed E-state index contributed by atoms with van der Waals surface area (Å²) in [5, 5.41) is 0. The first kappa shape index (κ1) is 44.0. The van der Waals surface area contributed by atoms with Crippen LogP contribution in [0.4, 0.5) is 14.1 Å². The van der Waals surface area contributed by atoms with Gasteiger partial charge in [-0.2, -0.15) is 0 Å². The molecule has 0 aromatic heterocycles. The number of hydrogen-bond donors (Lipinski definition) is 0. The maximum absolute atomic E-state index is 3.36. The standard InChI is InChI=1S/3C3H6.3FH/c3*1-3-2;;;/h3*3H,1H2,2H3;3*1H. The van der Waals surface area contributed by atoms with E-state index in [9.17, 15) is 0 Å². The zero-order valence-corrected chi connectivity index (χ0v) is 8.08. The average Bonchev–Trinajstić information content (AvgIpc) is 1.70. The molecule has 0 aromatic carbocycles. The van der Waals surface area contributed by atoms with Gasteiger partial charge >= 0.3 is 0 Å². The summed E-state index contributed by atoms with van der Waals surface area (Å²) in [7, 11) is 0. The van der Waals surface area contributed by atoms with Crippen LogP contribution in [-0.2, 0) is 0 Å². The summed E-state index contributed by atoms with van der Waals surface area (Å²) in [5.74, 6) is 0. The molecule has 0 heterocycles. The van der Waals surface area contributed by atoms with Gasteiger partial charge in [-0.25, -0.2) is 0 Å². The van der Waals surface area contributed by atoms with Crippen LogP contribution in [0.1, 0.15) is 20.8 Å². The fourth-order valence-electron chi connectivity index (χ4n) is 0. The van der Waals surface area contributed by atoms with E-state index in [4.69, 9.17) is 0 Å². The second-order valence-electron chi connectivity index (χ2n) is 1.22. The fraction of sp³-hybridized carbons (Fsp3) is 0.333. The van der Waals surface area contributed by atoms with Crippen molar-refractivity contribution in [2.24, 2.45) is 0 Å². The highest BCUT2D eigenvalue weighted by Crippen LogP contribution is 1.38. The summed E-state index contributed by atoms with van der Waals surface area (Å²) in [5.41, 5.74) is 0. The van der Waals surface area contributed by atoms with Crippen LogP contribution in [-0.4, -0.2) is 0 Å². The Labute approximate surface area is 73.8 Å². The van der Waals surface area contributed by atoms with Crippen molar-refractivity contribution in [1.29, 1.82) is 0 Å². The van der Waals surface area contributed by atoms with Gasteiger partial charge in [0.1, 0.15) is 0 Å². The quantitative estimate of drug-likeness (QED) is 0.501. The lowest BCUT2D eigenvalue weighted by Gasteiger charge is -1.31. The summed E-state index contributed by atoms with van der Waals surface area (Å²) < 4.78 is 0. The molecule has 0 fully saturated rings. The molecule has 0 saturated carbocycles. The molecule has 0 aliphatic carbocycles. The van der Waals surface area contributed by atoms with E-state index >= 15 is 0 Å². The van der Waals surface area contributed by atoms with Crippen LogP contribution < -0.4 is 0 Å². The molecule has 0 bridgehead atoms. The van der Waals surface area contributed by atoms with Gasteiger partial charge < -0.3 is 0 Å². The second kappa shape index (κ2) is 201. The van der Waals surface area contributed by atoms with Crippen LogP contribution in [0.3, 0.4) is 0 Å².